The summed E-state index contributed by atoms with van der Waals surface area (Å²) in [7, 11) is 1.68. The van der Waals surface area contributed by atoms with E-state index < -0.39 is 5.82 Å². The van der Waals surface area contributed by atoms with E-state index in [9.17, 15) is 14.4 Å². The number of rotatable bonds is 5. The molecular weight excluding hydrogens is 369 g/mol. The van der Waals surface area contributed by atoms with Crippen molar-refractivity contribution in [3.05, 3.63) is 46.9 Å². The number of tetrazole rings is 1. The highest BCUT2D eigenvalue weighted by Crippen LogP contribution is 2.30. The Morgan fingerprint density at radius 1 is 1.41 bits per heavy atom. The molecule has 0 aliphatic carbocycles. The first-order valence-electron chi connectivity index (χ1n) is 7.95. The second kappa shape index (κ2) is 7.59. The molecule has 27 heavy (non-hydrogen) atoms. The number of amides is 1. The van der Waals surface area contributed by atoms with E-state index >= 15 is 0 Å². The summed E-state index contributed by atoms with van der Waals surface area (Å²) in [4.78, 5) is 12.5. The fourth-order valence-corrected chi connectivity index (χ4v) is 3.29. The first-order valence-corrected chi connectivity index (χ1v) is 8.94. The van der Waals surface area contributed by atoms with Crippen LogP contribution in [0.4, 0.5) is 10.2 Å². The van der Waals surface area contributed by atoms with Crippen LogP contribution < -0.4 is 5.32 Å². The molecule has 3 aromatic rings. The average Bonchev–Trinajstić information content (AvgIpc) is 3.14. The molecule has 2 heterocycles. The number of nitrogens with zero attached hydrogens (tertiary/aromatic N) is 6. The SMILES string of the molecule is Cc1c(C#N)c(NC(=O)CSc2nnnn2C)n(-c2cccc(F)c2)c1C. The second-order valence-corrected chi connectivity index (χ2v) is 6.73. The smallest absolute Gasteiger partial charge is 0.236 e. The molecule has 0 radical (unpaired) electrons. The minimum Gasteiger partial charge on any atom is -0.310 e. The molecule has 0 atom stereocenters. The second-order valence-electron chi connectivity index (χ2n) is 5.78. The molecule has 0 aliphatic heterocycles. The van der Waals surface area contributed by atoms with Gasteiger partial charge in [-0.25, -0.2) is 9.07 Å². The number of anilines is 1. The van der Waals surface area contributed by atoms with Gasteiger partial charge in [-0.1, -0.05) is 17.8 Å². The van der Waals surface area contributed by atoms with E-state index in [4.69, 9.17) is 0 Å². The van der Waals surface area contributed by atoms with E-state index in [2.05, 4.69) is 26.9 Å². The van der Waals surface area contributed by atoms with Crippen LogP contribution in [0.1, 0.15) is 16.8 Å². The van der Waals surface area contributed by atoms with Gasteiger partial charge in [0.05, 0.1) is 17.0 Å². The largest absolute Gasteiger partial charge is 0.310 e. The molecular formula is C17H16FN7OS. The van der Waals surface area contributed by atoms with Gasteiger partial charge in [0.25, 0.3) is 0 Å². The molecule has 8 nitrogen and oxygen atoms in total. The average molecular weight is 385 g/mol. The first kappa shape index (κ1) is 18.6. The van der Waals surface area contributed by atoms with Gasteiger partial charge >= 0.3 is 0 Å². The number of aryl methyl sites for hydroxylation is 1. The van der Waals surface area contributed by atoms with Gasteiger partial charge < -0.3 is 5.32 Å². The van der Waals surface area contributed by atoms with E-state index in [-0.39, 0.29) is 11.7 Å². The molecule has 2 aromatic heterocycles. The third-order valence-corrected chi connectivity index (χ3v) is 5.07. The number of thioether (sulfide) groups is 1. The molecule has 1 amide bonds. The van der Waals surface area contributed by atoms with E-state index in [1.807, 2.05) is 6.92 Å². The summed E-state index contributed by atoms with van der Waals surface area (Å²) in [5.74, 6) is -0.347. The van der Waals surface area contributed by atoms with Gasteiger partial charge in [-0.2, -0.15) is 5.26 Å². The van der Waals surface area contributed by atoms with E-state index in [0.29, 0.717) is 22.2 Å². The number of benzene rings is 1. The monoisotopic (exact) mass is 385 g/mol. The Hall–Kier alpha value is -3.19. The molecule has 0 spiro atoms. The molecule has 138 valence electrons. The maximum atomic E-state index is 13.7. The van der Waals surface area contributed by atoms with Crippen LogP contribution in [0.5, 0.6) is 0 Å². The number of aromatic nitrogens is 5. The summed E-state index contributed by atoms with van der Waals surface area (Å²) in [6.45, 7) is 3.61. The summed E-state index contributed by atoms with van der Waals surface area (Å²) < 4.78 is 16.8. The summed E-state index contributed by atoms with van der Waals surface area (Å²) in [5, 5.41) is 23.8. The van der Waals surface area contributed by atoms with Crippen LogP contribution in [-0.2, 0) is 11.8 Å². The van der Waals surface area contributed by atoms with Crippen LogP contribution in [0.25, 0.3) is 5.69 Å². The number of nitrogens with one attached hydrogen (secondary N) is 1. The maximum absolute atomic E-state index is 13.7. The van der Waals surface area contributed by atoms with Crippen LogP contribution in [0.3, 0.4) is 0 Å². The quantitative estimate of drug-likeness (QED) is 0.677. The van der Waals surface area contributed by atoms with Crippen LogP contribution in [0.2, 0.25) is 0 Å². The Bertz CT molecular complexity index is 1050. The zero-order chi connectivity index (χ0) is 19.6. The Kier molecular flexibility index (Phi) is 5.23. The lowest BCUT2D eigenvalue weighted by Gasteiger charge is -2.13. The van der Waals surface area contributed by atoms with Crippen molar-refractivity contribution in [3.8, 4) is 11.8 Å². The van der Waals surface area contributed by atoms with Crippen molar-refractivity contribution < 1.29 is 9.18 Å². The van der Waals surface area contributed by atoms with Gasteiger partial charge in [0, 0.05) is 12.7 Å². The summed E-state index contributed by atoms with van der Waals surface area (Å²) in [6.07, 6.45) is 0. The minimum atomic E-state index is -0.403. The number of carbonyl (C=O) groups excluding carboxylic acids is 1. The predicted octanol–water partition coefficient (Wildman–Crippen LogP) is 2.36. The highest BCUT2D eigenvalue weighted by molar-refractivity contribution is 7.99. The number of hydrogen-bond acceptors (Lipinski definition) is 6. The van der Waals surface area contributed by atoms with Gasteiger partial charge in [0.1, 0.15) is 17.7 Å². The first-order chi connectivity index (χ1) is 12.9. The zero-order valence-corrected chi connectivity index (χ0v) is 15.7. The Labute approximate surface area is 159 Å². The molecule has 10 heteroatoms. The van der Waals surface area contributed by atoms with Crippen LogP contribution in [0.15, 0.2) is 29.4 Å². The fraction of sp³-hybridized carbons (Fsp3) is 0.235. The van der Waals surface area contributed by atoms with Crippen LogP contribution in [-0.4, -0.2) is 36.4 Å². The van der Waals surface area contributed by atoms with Crippen molar-refractivity contribution in [3.63, 3.8) is 0 Å². The summed E-state index contributed by atoms with van der Waals surface area (Å²) in [5.41, 5.74) is 2.34. The topological polar surface area (TPSA) is 101 Å². The Morgan fingerprint density at radius 2 is 2.19 bits per heavy atom. The van der Waals surface area contributed by atoms with Crippen molar-refractivity contribution in [1.82, 2.24) is 24.8 Å². The van der Waals surface area contributed by atoms with E-state index in [1.165, 1.54) is 28.6 Å². The molecule has 1 aromatic carbocycles. The lowest BCUT2D eigenvalue weighted by atomic mass is 10.2. The molecule has 0 saturated carbocycles. The van der Waals surface area contributed by atoms with Crippen molar-refractivity contribution in [2.24, 2.45) is 7.05 Å². The lowest BCUT2D eigenvalue weighted by molar-refractivity contribution is -0.113. The molecule has 0 fully saturated rings. The molecule has 0 bridgehead atoms. The summed E-state index contributed by atoms with van der Waals surface area (Å²) in [6, 6.07) is 8.10. The molecule has 1 N–H and O–H groups in total. The third kappa shape index (κ3) is 3.68. The fourth-order valence-electron chi connectivity index (χ4n) is 2.64. The lowest BCUT2D eigenvalue weighted by Crippen LogP contribution is -2.18. The van der Waals surface area contributed by atoms with Gasteiger partial charge in [0.2, 0.25) is 11.1 Å². The third-order valence-electron chi connectivity index (χ3n) is 4.06. The Morgan fingerprint density at radius 3 is 2.81 bits per heavy atom. The van der Waals surface area contributed by atoms with Gasteiger partial charge in [0.15, 0.2) is 0 Å². The van der Waals surface area contributed by atoms with Crippen molar-refractivity contribution in [2.45, 2.75) is 19.0 Å². The van der Waals surface area contributed by atoms with Gasteiger partial charge in [-0.05, 0) is 48.0 Å². The highest BCUT2D eigenvalue weighted by Gasteiger charge is 2.21. The highest BCUT2D eigenvalue weighted by atomic mass is 32.2. The normalized spacial score (nSPS) is 10.6. The van der Waals surface area contributed by atoms with Gasteiger partial charge in [-0.15, -0.1) is 5.10 Å². The molecule has 3 rings (SSSR count). The minimum absolute atomic E-state index is 0.0610. The predicted molar refractivity (Wildman–Crippen MR) is 98.1 cm³/mol. The zero-order valence-electron chi connectivity index (χ0n) is 14.9. The molecule has 0 unspecified atom stereocenters. The van der Waals surface area contributed by atoms with Crippen LogP contribution in [0, 0.1) is 31.0 Å². The van der Waals surface area contributed by atoms with E-state index in [1.54, 1.807) is 30.7 Å². The van der Waals surface area contributed by atoms with Crippen molar-refractivity contribution in [2.75, 3.05) is 11.1 Å². The van der Waals surface area contributed by atoms with Crippen molar-refractivity contribution in [1.29, 1.82) is 5.26 Å². The number of hydrogen-bond donors (Lipinski definition) is 1. The van der Waals surface area contributed by atoms with E-state index in [0.717, 1.165) is 11.3 Å². The van der Waals surface area contributed by atoms with Crippen molar-refractivity contribution >= 4 is 23.5 Å². The maximum Gasteiger partial charge on any atom is 0.236 e. The number of halogens is 1. The standard InChI is InChI=1S/C17H16FN7OS/c1-10-11(2)25(13-6-4-5-12(18)7-13)16(14(10)8-19)20-15(26)9-27-17-21-22-23-24(17)3/h4-7H,9H2,1-3H3,(H,20,26). The van der Waals surface area contributed by atoms with Crippen LogP contribution >= 0.6 is 11.8 Å². The number of nitriles is 1. The molecule has 0 aliphatic rings. The summed E-state index contributed by atoms with van der Waals surface area (Å²) >= 11 is 1.17. The molecule has 0 saturated heterocycles. The number of carbonyl (C=O) groups is 1. The Balaban J connectivity index is 1.92. The van der Waals surface area contributed by atoms with Gasteiger partial charge in [-0.3, -0.25) is 9.36 Å².